The SMILES string of the molecule is O=C(c1ccccc1OC(F)F)N(OCC1CC1)c1c(Cl)cncc1Cl. The van der Waals surface area contributed by atoms with Crippen LogP contribution in [0.5, 0.6) is 5.75 Å². The van der Waals surface area contributed by atoms with Crippen LogP contribution in [0.1, 0.15) is 23.2 Å². The second-order valence-corrected chi connectivity index (χ2v) is 6.48. The second-order valence-electron chi connectivity index (χ2n) is 5.67. The van der Waals surface area contributed by atoms with Gasteiger partial charge in [0.05, 0.1) is 22.2 Å². The molecule has 1 fully saturated rings. The van der Waals surface area contributed by atoms with Gasteiger partial charge in [-0.25, -0.2) is 0 Å². The summed E-state index contributed by atoms with van der Waals surface area (Å²) >= 11 is 12.3. The van der Waals surface area contributed by atoms with Crippen molar-refractivity contribution in [2.45, 2.75) is 19.5 Å². The van der Waals surface area contributed by atoms with E-state index in [1.54, 1.807) is 0 Å². The van der Waals surface area contributed by atoms with E-state index in [0.717, 1.165) is 17.9 Å². The van der Waals surface area contributed by atoms with Gasteiger partial charge in [-0.3, -0.25) is 14.6 Å². The number of ether oxygens (including phenoxy) is 1. The molecule has 0 N–H and O–H groups in total. The molecule has 0 saturated heterocycles. The van der Waals surface area contributed by atoms with E-state index in [4.69, 9.17) is 28.0 Å². The van der Waals surface area contributed by atoms with Crippen LogP contribution in [0.25, 0.3) is 0 Å². The summed E-state index contributed by atoms with van der Waals surface area (Å²) in [6, 6.07) is 5.64. The summed E-state index contributed by atoms with van der Waals surface area (Å²) in [6.07, 6.45) is 4.60. The van der Waals surface area contributed by atoms with E-state index in [-0.39, 0.29) is 33.7 Å². The van der Waals surface area contributed by atoms with Crippen molar-refractivity contribution in [1.29, 1.82) is 0 Å². The number of pyridine rings is 1. The first kappa shape index (κ1) is 18.8. The van der Waals surface area contributed by atoms with E-state index < -0.39 is 12.5 Å². The van der Waals surface area contributed by atoms with Gasteiger partial charge in [-0.1, -0.05) is 35.3 Å². The molecule has 2 aromatic rings. The van der Waals surface area contributed by atoms with Crippen molar-refractivity contribution in [3.8, 4) is 5.75 Å². The molecule has 1 aromatic carbocycles. The number of para-hydroxylation sites is 1. The number of hydrogen-bond acceptors (Lipinski definition) is 4. The monoisotopic (exact) mass is 402 g/mol. The molecule has 26 heavy (non-hydrogen) atoms. The Labute approximate surface area is 158 Å². The van der Waals surface area contributed by atoms with Gasteiger partial charge < -0.3 is 4.74 Å². The molecule has 1 amide bonds. The smallest absolute Gasteiger partial charge is 0.387 e. The summed E-state index contributed by atoms with van der Waals surface area (Å²) < 4.78 is 29.7. The maximum Gasteiger partial charge on any atom is 0.387 e. The van der Waals surface area contributed by atoms with Gasteiger partial charge in [-0.15, -0.1) is 0 Å². The Balaban J connectivity index is 1.97. The summed E-state index contributed by atoms with van der Waals surface area (Å²) in [5, 5.41) is 1.10. The quantitative estimate of drug-likeness (QED) is 0.612. The summed E-state index contributed by atoms with van der Waals surface area (Å²) in [5.41, 5.74) is -0.00613. The van der Waals surface area contributed by atoms with Crippen molar-refractivity contribution in [1.82, 2.24) is 4.98 Å². The van der Waals surface area contributed by atoms with Gasteiger partial charge in [0.1, 0.15) is 11.4 Å². The van der Waals surface area contributed by atoms with E-state index in [1.807, 2.05) is 0 Å². The Kier molecular flexibility index (Phi) is 5.90. The normalized spacial score (nSPS) is 13.7. The molecule has 0 bridgehead atoms. The third kappa shape index (κ3) is 4.41. The Morgan fingerprint density at radius 2 is 1.88 bits per heavy atom. The van der Waals surface area contributed by atoms with Gasteiger partial charge in [-0.2, -0.15) is 13.8 Å². The van der Waals surface area contributed by atoms with Crippen molar-refractivity contribution in [3.05, 3.63) is 52.3 Å². The first-order valence-electron chi connectivity index (χ1n) is 7.77. The standard InChI is InChI=1S/C17H14Cl2F2N2O3/c18-12-7-22-8-13(19)15(12)23(25-9-10-5-6-10)16(24)11-3-1-2-4-14(11)26-17(20)21/h1-4,7-8,10,17H,5-6,9H2. The molecule has 138 valence electrons. The molecule has 0 radical (unpaired) electrons. The van der Waals surface area contributed by atoms with Crippen molar-refractivity contribution in [3.63, 3.8) is 0 Å². The Morgan fingerprint density at radius 3 is 2.50 bits per heavy atom. The number of rotatable bonds is 7. The lowest BCUT2D eigenvalue weighted by molar-refractivity contribution is -0.0502. The predicted molar refractivity (Wildman–Crippen MR) is 92.8 cm³/mol. The van der Waals surface area contributed by atoms with E-state index in [9.17, 15) is 13.6 Å². The first-order valence-corrected chi connectivity index (χ1v) is 8.53. The fourth-order valence-electron chi connectivity index (χ4n) is 2.24. The predicted octanol–water partition coefficient (Wildman–Crippen LogP) is 4.98. The van der Waals surface area contributed by atoms with Crippen LogP contribution in [0, 0.1) is 5.92 Å². The lowest BCUT2D eigenvalue weighted by Crippen LogP contribution is -2.33. The number of carbonyl (C=O) groups excluding carboxylic acids is 1. The number of halogens is 4. The maximum atomic E-state index is 13.0. The Hall–Kier alpha value is -1.96. The number of anilines is 1. The van der Waals surface area contributed by atoms with E-state index >= 15 is 0 Å². The molecule has 1 aliphatic carbocycles. The van der Waals surface area contributed by atoms with Gasteiger partial charge in [0, 0.05) is 12.4 Å². The van der Waals surface area contributed by atoms with Gasteiger partial charge >= 0.3 is 6.61 Å². The van der Waals surface area contributed by atoms with Gasteiger partial charge in [0.25, 0.3) is 5.91 Å². The maximum absolute atomic E-state index is 13.0. The number of hydrogen-bond donors (Lipinski definition) is 0. The highest BCUT2D eigenvalue weighted by Crippen LogP contribution is 2.36. The van der Waals surface area contributed by atoms with Crippen LogP contribution < -0.4 is 9.80 Å². The molecule has 9 heteroatoms. The number of benzene rings is 1. The van der Waals surface area contributed by atoms with E-state index in [1.165, 1.54) is 36.7 Å². The Morgan fingerprint density at radius 1 is 1.23 bits per heavy atom. The molecule has 5 nitrogen and oxygen atoms in total. The topological polar surface area (TPSA) is 51.7 Å². The number of hydroxylamine groups is 1. The van der Waals surface area contributed by atoms with Crippen LogP contribution in [0.4, 0.5) is 14.5 Å². The number of nitrogens with zero attached hydrogens (tertiary/aromatic N) is 2. The fraction of sp³-hybridized carbons (Fsp3) is 0.294. The molecule has 0 aliphatic heterocycles. The largest absolute Gasteiger partial charge is 0.434 e. The van der Waals surface area contributed by atoms with Crippen LogP contribution in [0.3, 0.4) is 0 Å². The minimum absolute atomic E-state index is 0.0916. The van der Waals surface area contributed by atoms with Crippen LogP contribution in [0.15, 0.2) is 36.7 Å². The van der Waals surface area contributed by atoms with E-state index in [0.29, 0.717) is 5.92 Å². The van der Waals surface area contributed by atoms with Crippen LogP contribution in [-0.4, -0.2) is 24.1 Å². The number of alkyl halides is 2. The van der Waals surface area contributed by atoms with Crippen LogP contribution in [-0.2, 0) is 4.84 Å². The highest BCUT2D eigenvalue weighted by atomic mass is 35.5. The van der Waals surface area contributed by atoms with Gasteiger partial charge in [0.2, 0.25) is 0 Å². The highest BCUT2D eigenvalue weighted by molar-refractivity contribution is 6.39. The molecule has 1 saturated carbocycles. The zero-order chi connectivity index (χ0) is 18.7. The number of carbonyl (C=O) groups is 1. The average Bonchev–Trinajstić information content (AvgIpc) is 3.41. The van der Waals surface area contributed by atoms with Crippen molar-refractivity contribution < 1.29 is 23.1 Å². The third-order valence-corrected chi connectivity index (χ3v) is 4.24. The summed E-state index contributed by atoms with van der Waals surface area (Å²) in [7, 11) is 0. The number of aromatic nitrogens is 1. The minimum atomic E-state index is -3.07. The van der Waals surface area contributed by atoms with Crippen molar-refractivity contribution in [2.24, 2.45) is 5.92 Å². The fourth-order valence-corrected chi connectivity index (χ4v) is 2.76. The molecular formula is C17H14Cl2F2N2O3. The van der Waals surface area contributed by atoms with Crippen molar-refractivity contribution in [2.75, 3.05) is 11.7 Å². The minimum Gasteiger partial charge on any atom is -0.434 e. The molecule has 1 aromatic heterocycles. The van der Waals surface area contributed by atoms with Crippen molar-refractivity contribution >= 4 is 34.8 Å². The molecule has 1 aliphatic rings. The zero-order valence-electron chi connectivity index (χ0n) is 13.4. The third-order valence-electron chi connectivity index (χ3n) is 3.69. The molecule has 0 unspecified atom stereocenters. The molecular weight excluding hydrogens is 389 g/mol. The lowest BCUT2D eigenvalue weighted by Gasteiger charge is -2.24. The zero-order valence-corrected chi connectivity index (χ0v) is 14.9. The van der Waals surface area contributed by atoms with E-state index in [2.05, 4.69) is 9.72 Å². The molecule has 1 heterocycles. The van der Waals surface area contributed by atoms with Crippen LogP contribution in [0.2, 0.25) is 10.0 Å². The lowest BCUT2D eigenvalue weighted by atomic mass is 10.2. The number of amides is 1. The second kappa shape index (κ2) is 8.16. The molecule has 0 atom stereocenters. The first-order chi connectivity index (χ1) is 12.5. The van der Waals surface area contributed by atoms with Crippen LogP contribution >= 0.6 is 23.2 Å². The van der Waals surface area contributed by atoms with Gasteiger partial charge in [-0.05, 0) is 30.9 Å². The molecule has 3 rings (SSSR count). The Bertz CT molecular complexity index is 783. The summed E-state index contributed by atoms with van der Waals surface area (Å²) in [6.45, 7) is -2.80. The average molecular weight is 403 g/mol. The van der Waals surface area contributed by atoms with Gasteiger partial charge in [0.15, 0.2) is 0 Å². The summed E-state index contributed by atoms with van der Waals surface area (Å²) in [4.78, 5) is 22.5. The highest BCUT2D eigenvalue weighted by Gasteiger charge is 2.30. The summed E-state index contributed by atoms with van der Waals surface area (Å²) in [5.74, 6) is -0.664. The molecule has 0 spiro atoms.